The van der Waals surface area contributed by atoms with Crippen LogP contribution in [0.5, 0.6) is 5.75 Å². The zero-order valence-electron chi connectivity index (χ0n) is 17.5. The maximum absolute atomic E-state index is 13.2. The molecule has 8 nitrogen and oxygen atoms in total. The second-order valence-corrected chi connectivity index (χ2v) is 8.90. The lowest BCUT2D eigenvalue weighted by Gasteiger charge is -2.37. The molecule has 1 unspecified atom stereocenters. The van der Waals surface area contributed by atoms with E-state index in [1.165, 1.54) is 7.11 Å². The number of sulfonamides is 1. The molecule has 0 aromatic heterocycles. The zero-order valence-corrected chi connectivity index (χ0v) is 18.3. The van der Waals surface area contributed by atoms with Crippen LogP contribution in [0.1, 0.15) is 33.1 Å². The summed E-state index contributed by atoms with van der Waals surface area (Å²) in [5, 5.41) is 0. The predicted octanol–water partition coefficient (Wildman–Crippen LogP) is 2.04. The predicted molar refractivity (Wildman–Crippen MR) is 110 cm³/mol. The van der Waals surface area contributed by atoms with E-state index < -0.39 is 16.1 Å². The fourth-order valence-electron chi connectivity index (χ4n) is 3.60. The molecular weight excluding hydrogens is 396 g/mol. The molecule has 0 aliphatic carbocycles. The number of esters is 1. The summed E-state index contributed by atoms with van der Waals surface area (Å²) in [6, 6.07) is 5.79. The van der Waals surface area contributed by atoms with Crippen molar-refractivity contribution in [1.82, 2.24) is 4.90 Å². The summed E-state index contributed by atoms with van der Waals surface area (Å²) in [5.41, 5.74) is 0.383. The Balaban J connectivity index is 2.22. The number of amides is 1. The van der Waals surface area contributed by atoms with Crippen molar-refractivity contribution in [3.63, 3.8) is 0 Å². The minimum atomic E-state index is -3.71. The molecule has 0 N–H and O–H groups in total. The Morgan fingerprint density at radius 1 is 1.24 bits per heavy atom. The van der Waals surface area contributed by atoms with Crippen molar-refractivity contribution in [3.05, 3.63) is 24.3 Å². The van der Waals surface area contributed by atoms with E-state index in [1.807, 2.05) is 0 Å². The Hall–Kier alpha value is -2.29. The first-order chi connectivity index (χ1) is 13.7. The Labute approximate surface area is 172 Å². The summed E-state index contributed by atoms with van der Waals surface area (Å²) in [4.78, 5) is 26.8. The number of piperidine rings is 1. The number of carbonyl (C=O) groups excluding carboxylic acids is 2. The molecule has 9 heteroatoms. The Morgan fingerprint density at radius 3 is 2.41 bits per heavy atom. The van der Waals surface area contributed by atoms with Crippen LogP contribution in [-0.4, -0.2) is 64.3 Å². The van der Waals surface area contributed by atoms with Crippen LogP contribution in [0, 0.1) is 5.92 Å². The molecule has 1 amide bonds. The van der Waals surface area contributed by atoms with E-state index in [2.05, 4.69) is 0 Å². The highest BCUT2D eigenvalue weighted by molar-refractivity contribution is 7.92. The van der Waals surface area contributed by atoms with Crippen molar-refractivity contribution < 1.29 is 27.5 Å². The van der Waals surface area contributed by atoms with Crippen LogP contribution in [0.3, 0.4) is 0 Å². The molecule has 29 heavy (non-hydrogen) atoms. The van der Waals surface area contributed by atoms with Gasteiger partial charge >= 0.3 is 5.97 Å². The highest BCUT2D eigenvalue weighted by atomic mass is 32.2. The molecule has 0 radical (unpaired) electrons. The minimum Gasteiger partial charge on any atom is -0.497 e. The van der Waals surface area contributed by atoms with Crippen molar-refractivity contribution in [1.29, 1.82) is 0 Å². The van der Waals surface area contributed by atoms with Gasteiger partial charge in [-0.05, 0) is 38.3 Å². The van der Waals surface area contributed by atoms with Gasteiger partial charge < -0.3 is 14.4 Å². The van der Waals surface area contributed by atoms with Gasteiger partial charge in [0.05, 0.1) is 31.6 Å². The monoisotopic (exact) mass is 426 g/mol. The molecule has 2 rings (SSSR count). The molecule has 1 aliphatic heterocycles. The molecule has 162 valence electrons. The van der Waals surface area contributed by atoms with E-state index in [-0.39, 0.29) is 17.8 Å². The van der Waals surface area contributed by atoms with Crippen LogP contribution in [-0.2, 0) is 24.3 Å². The van der Waals surface area contributed by atoms with E-state index in [9.17, 15) is 18.0 Å². The van der Waals surface area contributed by atoms with Gasteiger partial charge in [0.25, 0.3) is 0 Å². The third-order valence-corrected chi connectivity index (χ3v) is 6.23. The first-order valence-electron chi connectivity index (χ1n) is 9.81. The smallest absolute Gasteiger partial charge is 0.309 e. The second-order valence-electron chi connectivity index (χ2n) is 7.04. The van der Waals surface area contributed by atoms with Gasteiger partial charge in [-0.3, -0.25) is 13.9 Å². The van der Waals surface area contributed by atoms with Gasteiger partial charge in [0.1, 0.15) is 11.8 Å². The maximum Gasteiger partial charge on any atom is 0.309 e. The Morgan fingerprint density at radius 2 is 1.90 bits per heavy atom. The molecule has 1 fully saturated rings. The number of likely N-dealkylation sites (tertiary alicyclic amines) is 1. The van der Waals surface area contributed by atoms with E-state index in [0.29, 0.717) is 50.4 Å². The van der Waals surface area contributed by atoms with Gasteiger partial charge in [-0.1, -0.05) is 13.0 Å². The maximum atomic E-state index is 13.2. The summed E-state index contributed by atoms with van der Waals surface area (Å²) in [7, 11) is -2.21. The molecule has 0 bridgehead atoms. The topological polar surface area (TPSA) is 93.2 Å². The molecule has 1 atom stereocenters. The van der Waals surface area contributed by atoms with E-state index in [4.69, 9.17) is 9.47 Å². The number of hydrogen-bond acceptors (Lipinski definition) is 6. The van der Waals surface area contributed by atoms with Crippen LogP contribution in [0.2, 0.25) is 0 Å². The molecule has 1 heterocycles. The van der Waals surface area contributed by atoms with Crippen molar-refractivity contribution in [2.75, 3.05) is 37.4 Å². The summed E-state index contributed by atoms with van der Waals surface area (Å²) >= 11 is 0. The first kappa shape index (κ1) is 23.0. The van der Waals surface area contributed by atoms with Gasteiger partial charge in [0, 0.05) is 19.2 Å². The largest absolute Gasteiger partial charge is 0.497 e. The van der Waals surface area contributed by atoms with Crippen LogP contribution in [0.4, 0.5) is 5.69 Å². The van der Waals surface area contributed by atoms with Gasteiger partial charge in [0.15, 0.2) is 0 Å². The normalized spacial score (nSPS) is 16.2. The molecule has 1 aromatic rings. The van der Waals surface area contributed by atoms with Crippen LogP contribution < -0.4 is 9.04 Å². The van der Waals surface area contributed by atoms with Crippen LogP contribution >= 0.6 is 0 Å². The second kappa shape index (κ2) is 9.96. The van der Waals surface area contributed by atoms with Gasteiger partial charge in [-0.15, -0.1) is 0 Å². The molecule has 0 spiro atoms. The zero-order chi connectivity index (χ0) is 21.6. The van der Waals surface area contributed by atoms with E-state index >= 15 is 0 Å². The number of benzene rings is 1. The molecule has 1 saturated heterocycles. The summed E-state index contributed by atoms with van der Waals surface area (Å²) in [6.07, 6.45) is 2.44. The number of anilines is 1. The number of nitrogens with zero attached hydrogens (tertiary/aromatic N) is 2. The van der Waals surface area contributed by atoms with Crippen molar-refractivity contribution in [3.8, 4) is 5.75 Å². The lowest BCUT2D eigenvalue weighted by atomic mass is 9.96. The Bertz CT molecular complexity index is 818. The standard InChI is InChI=1S/C20H30N2O6S/c1-5-18(19(23)21-12-10-15(11-13-21)20(24)28-6-2)22(29(4,25)26)16-8-7-9-17(14-16)27-3/h7-9,14-15,18H,5-6,10-13H2,1-4H3. The number of methoxy groups -OCH3 is 1. The van der Waals surface area contributed by atoms with Gasteiger partial charge in [0.2, 0.25) is 15.9 Å². The van der Waals surface area contributed by atoms with Crippen LogP contribution in [0.15, 0.2) is 24.3 Å². The number of carbonyl (C=O) groups is 2. The lowest BCUT2D eigenvalue weighted by molar-refractivity contribution is -0.151. The van der Waals surface area contributed by atoms with Crippen molar-refractivity contribution in [2.24, 2.45) is 5.92 Å². The minimum absolute atomic E-state index is 0.219. The average Bonchev–Trinajstić information content (AvgIpc) is 2.70. The van der Waals surface area contributed by atoms with Gasteiger partial charge in [-0.2, -0.15) is 0 Å². The van der Waals surface area contributed by atoms with E-state index in [0.717, 1.165) is 10.6 Å². The number of hydrogen-bond donors (Lipinski definition) is 0. The summed E-state index contributed by atoms with van der Waals surface area (Å²) in [6.45, 7) is 4.68. The van der Waals surface area contributed by atoms with Crippen molar-refractivity contribution >= 4 is 27.6 Å². The summed E-state index contributed by atoms with van der Waals surface area (Å²) in [5.74, 6) is -0.207. The average molecular weight is 427 g/mol. The molecule has 0 saturated carbocycles. The fourth-order valence-corrected chi connectivity index (χ4v) is 4.80. The third-order valence-electron chi connectivity index (χ3n) is 5.05. The van der Waals surface area contributed by atoms with Crippen molar-refractivity contribution in [2.45, 2.75) is 39.2 Å². The fraction of sp³-hybridized carbons (Fsp3) is 0.600. The third kappa shape index (κ3) is 5.62. The van der Waals surface area contributed by atoms with Gasteiger partial charge in [-0.25, -0.2) is 8.42 Å². The highest BCUT2D eigenvalue weighted by Crippen LogP contribution is 2.28. The van der Waals surface area contributed by atoms with E-state index in [1.54, 1.807) is 43.0 Å². The highest BCUT2D eigenvalue weighted by Gasteiger charge is 2.36. The van der Waals surface area contributed by atoms with Crippen LogP contribution in [0.25, 0.3) is 0 Å². The quantitative estimate of drug-likeness (QED) is 0.591. The molecular formula is C20H30N2O6S. The lowest BCUT2D eigenvalue weighted by Crippen LogP contribution is -2.52. The Kier molecular flexibility index (Phi) is 7.89. The molecule has 1 aromatic carbocycles. The SMILES string of the molecule is CCOC(=O)C1CCN(C(=O)C(CC)N(c2cccc(OC)c2)S(C)(=O)=O)CC1. The summed E-state index contributed by atoms with van der Waals surface area (Å²) < 4.78 is 36.6. The number of rotatable bonds is 8. The number of ether oxygens (including phenoxy) is 2. The first-order valence-corrected chi connectivity index (χ1v) is 11.7. The molecule has 1 aliphatic rings.